The first-order valence-corrected chi connectivity index (χ1v) is 9.88. The molecule has 1 heterocycles. The van der Waals surface area contributed by atoms with E-state index in [4.69, 9.17) is 24.1 Å². The minimum Gasteiger partial charge on any atom is -0.481 e. The summed E-state index contributed by atoms with van der Waals surface area (Å²) in [5.41, 5.74) is 0. The van der Waals surface area contributed by atoms with Crippen LogP contribution in [0.1, 0.15) is 52.9 Å². The van der Waals surface area contributed by atoms with Gasteiger partial charge in [-0.25, -0.2) is 0 Å². The van der Waals surface area contributed by atoms with E-state index in [9.17, 15) is 24.3 Å². The van der Waals surface area contributed by atoms with Gasteiger partial charge < -0.3 is 34.5 Å². The molecule has 0 saturated carbocycles. The smallest absolute Gasteiger partial charge is 0.303 e. The summed E-state index contributed by atoms with van der Waals surface area (Å²) >= 11 is 0. The second kappa shape index (κ2) is 13.1. The number of carbonyl (C=O) groups is 4. The Balaban J connectivity index is 2.77. The van der Waals surface area contributed by atoms with Gasteiger partial charge in [-0.3, -0.25) is 19.2 Å². The van der Waals surface area contributed by atoms with Crippen LogP contribution in [0.3, 0.4) is 0 Å². The molecule has 1 saturated heterocycles. The van der Waals surface area contributed by atoms with Crippen LogP contribution in [0.4, 0.5) is 0 Å². The zero-order valence-corrected chi connectivity index (χ0v) is 17.5. The van der Waals surface area contributed by atoms with Crippen molar-refractivity contribution in [2.45, 2.75) is 83.5 Å². The summed E-state index contributed by atoms with van der Waals surface area (Å²) in [6.45, 7) is 3.70. The maximum absolute atomic E-state index is 11.6. The maximum atomic E-state index is 11.6. The molecule has 3 N–H and O–H groups in total. The van der Waals surface area contributed by atoms with Gasteiger partial charge in [0.05, 0.1) is 6.04 Å². The standard InChI is InChI=1S/C19H31NO10/c1-11(21)27-10-14-17(28-12(2)22)18(29-13(3)23)16(19(26)30-14)20-9-7-5-4-6-8-15(24)25/h14,16-20,26H,4-10H2,1-3H3,(H,24,25)/t14-,16-,17-,18-,19-/m1/s1. The molecule has 1 rings (SSSR count). The van der Waals surface area contributed by atoms with Crippen LogP contribution in [-0.4, -0.2) is 77.9 Å². The number of carboxylic acids is 1. The predicted octanol–water partition coefficient (Wildman–Crippen LogP) is 0.123. The summed E-state index contributed by atoms with van der Waals surface area (Å²) in [4.78, 5) is 44.8. The van der Waals surface area contributed by atoms with Gasteiger partial charge in [-0.05, 0) is 19.4 Å². The number of aliphatic hydroxyl groups excluding tert-OH is 1. The van der Waals surface area contributed by atoms with Crippen LogP contribution in [0.2, 0.25) is 0 Å². The van der Waals surface area contributed by atoms with Crippen molar-refractivity contribution in [1.29, 1.82) is 0 Å². The van der Waals surface area contributed by atoms with Gasteiger partial charge in [0.2, 0.25) is 0 Å². The van der Waals surface area contributed by atoms with E-state index in [1.54, 1.807) is 0 Å². The van der Waals surface area contributed by atoms with Crippen molar-refractivity contribution in [1.82, 2.24) is 5.32 Å². The van der Waals surface area contributed by atoms with Gasteiger partial charge in [-0.15, -0.1) is 0 Å². The summed E-state index contributed by atoms with van der Waals surface area (Å²) in [5, 5.41) is 22.1. The van der Waals surface area contributed by atoms with Crippen molar-refractivity contribution in [3.8, 4) is 0 Å². The number of carbonyl (C=O) groups excluding carboxylic acids is 3. The highest BCUT2D eigenvalue weighted by Crippen LogP contribution is 2.26. The highest BCUT2D eigenvalue weighted by atomic mass is 16.7. The highest BCUT2D eigenvalue weighted by molar-refractivity contribution is 5.68. The number of unbranched alkanes of at least 4 members (excludes halogenated alkanes) is 3. The molecule has 0 bridgehead atoms. The van der Waals surface area contributed by atoms with Crippen LogP contribution in [0.25, 0.3) is 0 Å². The summed E-state index contributed by atoms with van der Waals surface area (Å²) in [6.07, 6.45) is -1.70. The number of rotatable bonds is 12. The van der Waals surface area contributed by atoms with E-state index in [1.165, 1.54) is 20.8 Å². The number of ether oxygens (including phenoxy) is 4. The number of esters is 3. The van der Waals surface area contributed by atoms with Gasteiger partial charge >= 0.3 is 23.9 Å². The number of hydrogen-bond acceptors (Lipinski definition) is 10. The lowest BCUT2D eigenvalue weighted by Crippen LogP contribution is -2.65. The van der Waals surface area contributed by atoms with E-state index < -0.39 is 54.5 Å². The van der Waals surface area contributed by atoms with E-state index in [2.05, 4.69) is 5.32 Å². The van der Waals surface area contributed by atoms with E-state index in [0.717, 1.165) is 12.8 Å². The Kier molecular flexibility index (Phi) is 11.3. The normalized spacial score (nSPS) is 25.9. The van der Waals surface area contributed by atoms with Crippen LogP contribution < -0.4 is 5.32 Å². The van der Waals surface area contributed by atoms with Gasteiger partial charge in [-0.1, -0.05) is 12.8 Å². The third kappa shape index (κ3) is 9.51. The molecule has 1 aliphatic rings. The van der Waals surface area contributed by atoms with Crippen molar-refractivity contribution in [3.63, 3.8) is 0 Å². The molecular weight excluding hydrogens is 402 g/mol. The Hall–Kier alpha value is -2.24. The minimum atomic E-state index is -1.41. The van der Waals surface area contributed by atoms with Gasteiger partial charge in [0.15, 0.2) is 18.5 Å². The number of aliphatic hydroxyl groups is 1. The van der Waals surface area contributed by atoms with Crippen molar-refractivity contribution in [2.75, 3.05) is 13.2 Å². The van der Waals surface area contributed by atoms with Gasteiger partial charge in [-0.2, -0.15) is 0 Å². The third-order valence-corrected chi connectivity index (χ3v) is 4.42. The lowest BCUT2D eigenvalue weighted by atomic mass is 9.96. The summed E-state index contributed by atoms with van der Waals surface area (Å²) in [6, 6.07) is -0.883. The average Bonchev–Trinajstić information content (AvgIpc) is 2.62. The fourth-order valence-corrected chi connectivity index (χ4v) is 3.16. The largest absolute Gasteiger partial charge is 0.481 e. The lowest BCUT2D eigenvalue weighted by molar-refractivity contribution is -0.265. The van der Waals surface area contributed by atoms with E-state index in [0.29, 0.717) is 19.4 Å². The Bertz CT molecular complexity index is 596. The van der Waals surface area contributed by atoms with Crippen molar-refractivity contribution >= 4 is 23.9 Å². The monoisotopic (exact) mass is 433 g/mol. The molecule has 0 spiro atoms. The quantitative estimate of drug-likeness (QED) is 0.218. The van der Waals surface area contributed by atoms with Crippen molar-refractivity contribution in [2.24, 2.45) is 0 Å². The molecule has 0 amide bonds. The van der Waals surface area contributed by atoms with Crippen LogP contribution in [-0.2, 0) is 38.1 Å². The fraction of sp³-hybridized carbons (Fsp3) is 0.789. The summed E-state index contributed by atoms with van der Waals surface area (Å²) in [5.74, 6) is -2.71. The molecule has 1 aliphatic heterocycles. The Labute approximate surface area is 175 Å². The molecule has 172 valence electrons. The van der Waals surface area contributed by atoms with Crippen molar-refractivity contribution < 1.29 is 48.3 Å². The first-order chi connectivity index (χ1) is 14.1. The Morgan fingerprint density at radius 3 is 2.07 bits per heavy atom. The zero-order chi connectivity index (χ0) is 22.7. The van der Waals surface area contributed by atoms with E-state index in [-0.39, 0.29) is 13.0 Å². The van der Waals surface area contributed by atoms with Crippen LogP contribution >= 0.6 is 0 Å². The molecule has 5 atom stereocenters. The Morgan fingerprint density at radius 2 is 1.50 bits per heavy atom. The summed E-state index contributed by atoms with van der Waals surface area (Å²) in [7, 11) is 0. The first-order valence-electron chi connectivity index (χ1n) is 9.88. The molecule has 0 aromatic heterocycles. The summed E-state index contributed by atoms with van der Waals surface area (Å²) < 4.78 is 21.0. The number of carboxylic acid groups (broad SMARTS) is 1. The minimum absolute atomic E-state index is 0.116. The van der Waals surface area contributed by atoms with Gasteiger partial charge in [0.1, 0.15) is 12.7 Å². The molecule has 0 aromatic rings. The molecule has 11 heteroatoms. The molecule has 0 unspecified atom stereocenters. The van der Waals surface area contributed by atoms with Crippen LogP contribution in [0.15, 0.2) is 0 Å². The fourth-order valence-electron chi connectivity index (χ4n) is 3.16. The first kappa shape index (κ1) is 25.8. The van der Waals surface area contributed by atoms with Crippen LogP contribution in [0.5, 0.6) is 0 Å². The van der Waals surface area contributed by atoms with Gasteiger partial charge in [0.25, 0.3) is 0 Å². The number of hydrogen-bond donors (Lipinski definition) is 3. The van der Waals surface area contributed by atoms with Crippen molar-refractivity contribution in [3.05, 3.63) is 0 Å². The molecular formula is C19H31NO10. The molecule has 0 aromatic carbocycles. The molecule has 30 heavy (non-hydrogen) atoms. The lowest BCUT2D eigenvalue weighted by Gasteiger charge is -2.43. The van der Waals surface area contributed by atoms with Crippen LogP contribution in [0, 0.1) is 0 Å². The number of nitrogens with one attached hydrogen (secondary N) is 1. The second-order valence-electron chi connectivity index (χ2n) is 7.05. The molecule has 1 fully saturated rings. The average molecular weight is 433 g/mol. The molecule has 11 nitrogen and oxygen atoms in total. The molecule has 0 radical (unpaired) electrons. The Morgan fingerprint density at radius 1 is 0.900 bits per heavy atom. The topological polar surface area (TPSA) is 158 Å². The second-order valence-corrected chi connectivity index (χ2v) is 7.05. The van der Waals surface area contributed by atoms with E-state index >= 15 is 0 Å². The number of aliphatic carboxylic acids is 1. The maximum Gasteiger partial charge on any atom is 0.303 e. The van der Waals surface area contributed by atoms with E-state index in [1.807, 2.05) is 0 Å². The third-order valence-electron chi connectivity index (χ3n) is 4.42. The van der Waals surface area contributed by atoms with Gasteiger partial charge in [0, 0.05) is 27.2 Å². The SMILES string of the molecule is CC(=O)OC[C@H]1O[C@@H](O)[C@H](NCCCCCCC(=O)O)[C@@H](OC(C)=O)[C@@H]1OC(C)=O. The zero-order valence-electron chi connectivity index (χ0n) is 17.5. The predicted molar refractivity (Wildman–Crippen MR) is 101 cm³/mol. The molecule has 0 aliphatic carbocycles. The highest BCUT2D eigenvalue weighted by Gasteiger charge is 2.49.